The Balaban J connectivity index is 1.90. The molecule has 10 heteroatoms. The fraction of sp³-hybridized carbons (Fsp3) is 0.308. The minimum absolute atomic E-state index is 0.0717. The highest BCUT2D eigenvalue weighted by molar-refractivity contribution is 7.19. The number of nitrogens with one attached hydrogen (secondary N) is 2. The Morgan fingerprint density at radius 3 is 1.89 bits per heavy atom. The third-order valence-electron chi connectivity index (χ3n) is 5.56. The van der Waals surface area contributed by atoms with Gasteiger partial charge in [0.15, 0.2) is 10.3 Å². The lowest BCUT2D eigenvalue weighted by Gasteiger charge is -2.13. The van der Waals surface area contributed by atoms with Crippen LogP contribution in [-0.4, -0.2) is 32.0 Å². The summed E-state index contributed by atoms with van der Waals surface area (Å²) in [5.41, 5.74) is 2.79. The molecule has 0 aliphatic rings. The third-order valence-corrected chi connectivity index (χ3v) is 7.63. The van der Waals surface area contributed by atoms with E-state index in [-0.39, 0.29) is 23.3 Å². The van der Waals surface area contributed by atoms with Crippen LogP contribution in [0.2, 0.25) is 0 Å². The zero-order valence-electron chi connectivity index (χ0n) is 20.6. The number of anilines is 2. The maximum atomic E-state index is 11.6. The summed E-state index contributed by atoms with van der Waals surface area (Å²) in [5, 5.41) is 30.0. The Labute approximate surface area is 217 Å². The Kier molecular flexibility index (Phi) is 7.56. The second-order valence-corrected chi connectivity index (χ2v) is 10.5. The van der Waals surface area contributed by atoms with Crippen molar-refractivity contribution >= 4 is 55.5 Å². The minimum atomic E-state index is -0.214. The second kappa shape index (κ2) is 10.6. The largest absolute Gasteiger partial charge is 0.507 e. The second-order valence-electron chi connectivity index (χ2n) is 8.47. The van der Waals surface area contributed by atoms with Crippen LogP contribution in [0.15, 0.2) is 24.3 Å². The first-order chi connectivity index (χ1) is 17.2. The summed E-state index contributed by atoms with van der Waals surface area (Å²) in [6.07, 6.45) is 3.10. The van der Waals surface area contributed by atoms with Crippen molar-refractivity contribution < 1.29 is 19.8 Å². The summed E-state index contributed by atoms with van der Waals surface area (Å²) in [7, 11) is 0. The molecule has 0 aliphatic carbocycles. The number of phenolic OH excluding ortho intramolecular Hbond substituents is 2. The van der Waals surface area contributed by atoms with Gasteiger partial charge in [-0.1, -0.05) is 55.4 Å². The highest BCUT2D eigenvalue weighted by atomic mass is 32.1. The van der Waals surface area contributed by atoms with Crippen LogP contribution in [0.3, 0.4) is 0 Å². The van der Waals surface area contributed by atoms with E-state index >= 15 is 0 Å². The molecule has 2 heterocycles. The number of hydrogen-bond donors (Lipinski definition) is 4. The average molecular weight is 525 g/mol. The van der Waals surface area contributed by atoms with Gasteiger partial charge in [-0.3, -0.25) is 9.59 Å². The smallest absolute Gasteiger partial charge is 0.223 e. The van der Waals surface area contributed by atoms with E-state index in [1.165, 1.54) is 36.5 Å². The van der Waals surface area contributed by atoms with Gasteiger partial charge in [-0.15, -0.1) is 0 Å². The summed E-state index contributed by atoms with van der Waals surface area (Å²) in [6.45, 7) is 6.96. The summed E-state index contributed by atoms with van der Waals surface area (Å²) in [5.74, 6) is -0.267. The number of carbonyl (C=O) groups is 2. The van der Waals surface area contributed by atoms with Gasteiger partial charge in [0, 0.05) is 30.4 Å². The molecule has 2 amide bonds. The Bertz CT molecular complexity index is 1460. The van der Waals surface area contributed by atoms with E-state index in [4.69, 9.17) is 0 Å². The molecule has 0 bridgehead atoms. The van der Waals surface area contributed by atoms with Crippen molar-refractivity contribution in [3.05, 3.63) is 35.7 Å². The number of aromatic hydroxyl groups is 2. The zero-order chi connectivity index (χ0) is 26.0. The molecule has 4 N–H and O–H groups in total. The third kappa shape index (κ3) is 5.05. The normalized spacial score (nSPS) is 11.1. The van der Waals surface area contributed by atoms with Crippen LogP contribution in [0, 0.1) is 0 Å². The monoisotopic (exact) mass is 524 g/mol. The lowest BCUT2D eigenvalue weighted by Crippen LogP contribution is -2.05. The van der Waals surface area contributed by atoms with Crippen molar-refractivity contribution in [2.45, 2.75) is 53.4 Å². The van der Waals surface area contributed by atoms with Crippen LogP contribution in [0.5, 0.6) is 11.5 Å². The van der Waals surface area contributed by atoms with Gasteiger partial charge >= 0.3 is 0 Å². The van der Waals surface area contributed by atoms with Crippen LogP contribution in [0.1, 0.15) is 51.9 Å². The predicted molar refractivity (Wildman–Crippen MR) is 146 cm³/mol. The van der Waals surface area contributed by atoms with Gasteiger partial charge in [-0.25, -0.2) is 9.97 Å². The Morgan fingerprint density at radius 2 is 1.33 bits per heavy atom. The van der Waals surface area contributed by atoms with E-state index in [1.54, 1.807) is 12.1 Å². The molecule has 0 fully saturated rings. The quantitative estimate of drug-likeness (QED) is 0.214. The van der Waals surface area contributed by atoms with Crippen molar-refractivity contribution in [3.63, 3.8) is 0 Å². The van der Waals surface area contributed by atoms with Gasteiger partial charge in [0.2, 0.25) is 11.8 Å². The lowest BCUT2D eigenvalue weighted by atomic mass is 9.96. The van der Waals surface area contributed by atoms with Crippen molar-refractivity contribution in [2.24, 2.45) is 0 Å². The maximum absolute atomic E-state index is 11.6. The van der Waals surface area contributed by atoms with Crippen LogP contribution in [0.25, 0.3) is 31.7 Å². The maximum Gasteiger partial charge on any atom is 0.223 e. The van der Waals surface area contributed by atoms with Gasteiger partial charge in [0.05, 0.1) is 21.1 Å². The van der Waals surface area contributed by atoms with Crippen LogP contribution < -0.4 is 10.6 Å². The molecule has 2 aromatic heterocycles. The Morgan fingerprint density at radius 1 is 0.806 bits per heavy atom. The van der Waals surface area contributed by atoms with Crippen molar-refractivity contribution in [1.82, 2.24) is 9.97 Å². The molecule has 0 unspecified atom stereocenters. The molecule has 0 aliphatic heterocycles. The Hall–Kier alpha value is -3.50. The van der Waals surface area contributed by atoms with Gasteiger partial charge < -0.3 is 20.8 Å². The first kappa shape index (κ1) is 25.6. The van der Waals surface area contributed by atoms with Crippen LogP contribution in [-0.2, 0) is 22.4 Å². The summed E-state index contributed by atoms with van der Waals surface area (Å²) in [4.78, 5) is 33.9. The molecule has 4 aromatic rings. The van der Waals surface area contributed by atoms with E-state index in [9.17, 15) is 19.8 Å². The van der Waals surface area contributed by atoms with E-state index in [0.717, 1.165) is 34.0 Å². The van der Waals surface area contributed by atoms with Gasteiger partial charge in [-0.2, -0.15) is 0 Å². The van der Waals surface area contributed by atoms with Crippen LogP contribution in [0.4, 0.5) is 10.3 Å². The number of hydrogen-bond acceptors (Lipinski definition) is 8. The highest BCUT2D eigenvalue weighted by Gasteiger charge is 2.23. The van der Waals surface area contributed by atoms with Gasteiger partial charge in [0.25, 0.3) is 0 Å². The zero-order valence-corrected chi connectivity index (χ0v) is 22.2. The molecule has 0 saturated carbocycles. The number of amides is 2. The number of nitrogens with zero attached hydrogens (tertiary/aromatic N) is 2. The molecule has 4 rings (SSSR count). The van der Waals surface area contributed by atoms with Crippen molar-refractivity contribution in [3.8, 4) is 32.4 Å². The highest BCUT2D eigenvalue weighted by Crippen LogP contribution is 2.48. The number of carbonyl (C=O) groups excluding carboxylic acids is 2. The average Bonchev–Trinajstić information content (AvgIpc) is 3.37. The topological polar surface area (TPSA) is 124 Å². The standard InChI is InChI=1S/C26H28N4O4S2/c1-5-7-18-23(35-25(29-18)27-13(3)31)17-10-9-15-16(22(17)34)11-12-20(33)21(15)24-19(8-6-2)30-26(36-24)28-14(4)32/h9-12,33-34H,5-8H2,1-4H3,(H,27,29,31)(H,28,30,32). The van der Waals surface area contributed by atoms with E-state index in [0.29, 0.717) is 45.0 Å². The van der Waals surface area contributed by atoms with Gasteiger partial charge in [0.1, 0.15) is 11.5 Å². The fourth-order valence-corrected chi connectivity index (χ4v) is 6.34. The molecule has 0 spiro atoms. The lowest BCUT2D eigenvalue weighted by molar-refractivity contribution is -0.115. The molecule has 188 valence electrons. The van der Waals surface area contributed by atoms with Crippen molar-refractivity contribution in [2.75, 3.05) is 10.6 Å². The van der Waals surface area contributed by atoms with Gasteiger partial charge in [-0.05, 0) is 36.4 Å². The molecular formula is C26H28N4O4S2. The van der Waals surface area contributed by atoms with Crippen LogP contribution >= 0.6 is 22.7 Å². The number of aromatic nitrogens is 2. The number of rotatable bonds is 8. The number of phenols is 2. The fourth-order valence-electron chi connectivity index (χ4n) is 4.13. The summed E-state index contributed by atoms with van der Waals surface area (Å²) < 4.78 is 0. The summed E-state index contributed by atoms with van der Waals surface area (Å²) >= 11 is 2.63. The molecular weight excluding hydrogens is 496 g/mol. The number of aryl methyl sites for hydroxylation is 2. The molecule has 36 heavy (non-hydrogen) atoms. The molecule has 0 radical (unpaired) electrons. The predicted octanol–water partition coefficient (Wildman–Crippen LogP) is 6.32. The first-order valence-corrected chi connectivity index (χ1v) is 13.4. The molecule has 2 aromatic carbocycles. The first-order valence-electron chi connectivity index (χ1n) is 11.8. The minimum Gasteiger partial charge on any atom is -0.507 e. The number of benzene rings is 2. The van der Waals surface area contributed by atoms with E-state index in [2.05, 4.69) is 27.5 Å². The SMILES string of the molecule is CCCc1nc(NC(C)=O)sc1-c1ccc2c(-c3sc(NC(C)=O)nc3CCC)c(O)ccc2c1O. The molecule has 0 atom stereocenters. The van der Waals surface area contributed by atoms with E-state index in [1.807, 2.05) is 19.1 Å². The molecule has 0 saturated heterocycles. The molecule has 8 nitrogen and oxygen atoms in total. The number of thiazole rings is 2. The summed E-state index contributed by atoms with van der Waals surface area (Å²) in [6, 6.07) is 6.95. The van der Waals surface area contributed by atoms with E-state index < -0.39 is 0 Å². The number of fused-ring (bicyclic) bond motifs is 1. The van der Waals surface area contributed by atoms with Crippen molar-refractivity contribution in [1.29, 1.82) is 0 Å².